The number of amides is 1. The van der Waals surface area contributed by atoms with Crippen molar-refractivity contribution in [1.82, 2.24) is 15.3 Å². The summed E-state index contributed by atoms with van der Waals surface area (Å²) in [7, 11) is 0. The summed E-state index contributed by atoms with van der Waals surface area (Å²) in [6.07, 6.45) is 9.05. The zero-order chi connectivity index (χ0) is 14.7. The van der Waals surface area contributed by atoms with Gasteiger partial charge in [0, 0.05) is 30.2 Å². The van der Waals surface area contributed by atoms with E-state index < -0.39 is 0 Å². The number of aromatic nitrogens is 2. The van der Waals surface area contributed by atoms with Crippen LogP contribution in [-0.4, -0.2) is 22.4 Å². The molecular formula is C16H21N3OS. The molecule has 2 aromatic rings. The molecule has 0 aliphatic heterocycles. The van der Waals surface area contributed by atoms with Crippen LogP contribution in [0.25, 0.3) is 0 Å². The summed E-state index contributed by atoms with van der Waals surface area (Å²) >= 11 is 1.67. The summed E-state index contributed by atoms with van der Waals surface area (Å²) in [5, 5.41) is 2.98. The molecule has 2 aromatic heterocycles. The maximum absolute atomic E-state index is 12.2. The van der Waals surface area contributed by atoms with Gasteiger partial charge < -0.3 is 10.3 Å². The molecule has 5 heteroatoms. The van der Waals surface area contributed by atoms with Gasteiger partial charge in [-0.1, -0.05) is 13.3 Å². The number of thiophene rings is 1. The molecule has 1 aliphatic carbocycles. The van der Waals surface area contributed by atoms with Gasteiger partial charge in [0.05, 0.1) is 4.88 Å². The maximum atomic E-state index is 12.2. The van der Waals surface area contributed by atoms with Gasteiger partial charge in [0.2, 0.25) is 0 Å². The van der Waals surface area contributed by atoms with Crippen molar-refractivity contribution in [3.05, 3.63) is 39.6 Å². The first kappa shape index (κ1) is 14.3. The molecule has 21 heavy (non-hydrogen) atoms. The smallest absolute Gasteiger partial charge is 0.261 e. The number of rotatable bonds is 5. The molecule has 3 rings (SSSR count). The van der Waals surface area contributed by atoms with Gasteiger partial charge in [-0.05, 0) is 36.8 Å². The molecule has 2 N–H and O–H groups in total. The lowest BCUT2D eigenvalue weighted by Crippen LogP contribution is -2.25. The third kappa shape index (κ3) is 3.35. The summed E-state index contributed by atoms with van der Waals surface area (Å²) in [6, 6.07) is 2.10. The second-order valence-electron chi connectivity index (χ2n) is 5.62. The monoisotopic (exact) mass is 303 g/mol. The van der Waals surface area contributed by atoms with E-state index >= 15 is 0 Å². The fourth-order valence-electron chi connectivity index (χ4n) is 2.88. The fraction of sp³-hybridized carbons (Fsp3) is 0.500. The van der Waals surface area contributed by atoms with E-state index in [0.717, 1.165) is 35.9 Å². The van der Waals surface area contributed by atoms with Crippen LogP contribution < -0.4 is 5.32 Å². The molecule has 1 amide bonds. The summed E-state index contributed by atoms with van der Waals surface area (Å²) in [5.41, 5.74) is 1.40. The van der Waals surface area contributed by atoms with Crippen LogP contribution in [0.15, 0.2) is 18.5 Å². The van der Waals surface area contributed by atoms with Crippen molar-refractivity contribution >= 4 is 17.2 Å². The standard InChI is InChI=1S/C16H21N3OS/c1-2-11-3-4-13-12(9-11)10-14(21-13)16(20)19-6-5-15-17-7-8-18-15/h7-8,10-11H,2-6,9H2,1H3,(H,17,18)(H,19,20). The van der Waals surface area contributed by atoms with Crippen molar-refractivity contribution in [2.45, 2.75) is 39.0 Å². The molecule has 0 saturated carbocycles. The third-order valence-corrected chi connectivity index (χ3v) is 5.42. The highest BCUT2D eigenvalue weighted by atomic mass is 32.1. The molecule has 0 fully saturated rings. The van der Waals surface area contributed by atoms with E-state index in [2.05, 4.69) is 28.3 Å². The Labute approximate surface area is 129 Å². The zero-order valence-electron chi connectivity index (χ0n) is 12.3. The summed E-state index contributed by atoms with van der Waals surface area (Å²) in [6.45, 7) is 2.87. The lowest BCUT2D eigenvalue weighted by molar-refractivity contribution is 0.0958. The minimum Gasteiger partial charge on any atom is -0.351 e. The topological polar surface area (TPSA) is 57.8 Å². The number of H-pyrrole nitrogens is 1. The molecule has 4 nitrogen and oxygen atoms in total. The van der Waals surface area contributed by atoms with Crippen molar-refractivity contribution in [2.24, 2.45) is 5.92 Å². The molecule has 112 valence electrons. The van der Waals surface area contributed by atoms with Gasteiger partial charge in [-0.15, -0.1) is 11.3 Å². The van der Waals surface area contributed by atoms with E-state index in [1.807, 2.05) is 0 Å². The van der Waals surface area contributed by atoms with Crippen molar-refractivity contribution in [3.8, 4) is 0 Å². The largest absolute Gasteiger partial charge is 0.351 e. The van der Waals surface area contributed by atoms with Crippen molar-refractivity contribution < 1.29 is 4.79 Å². The number of fused-ring (bicyclic) bond motifs is 1. The molecule has 0 aromatic carbocycles. The van der Waals surface area contributed by atoms with E-state index in [1.54, 1.807) is 23.7 Å². The minimum atomic E-state index is 0.0500. The molecule has 1 unspecified atom stereocenters. The summed E-state index contributed by atoms with van der Waals surface area (Å²) in [5.74, 6) is 1.75. The number of hydrogen-bond donors (Lipinski definition) is 2. The maximum Gasteiger partial charge on any atom is 0.261 e. The fourth-order valence-corrected chi connectivity index (χ4v) is 4.00. The van der Waals surface area contributed by atoms with E-state index in [0.29, 0.717) is 6.54 Å². The Morgan fingerprint density at radius 2 is 2.48 bits per heavy atom. The van der Waals surface area contributed by atoms with Crippen molar-refractivity contribution in [2.75, 3.05) is 6.54 Å². The Morgan fingerprint density at radius 1 is 1.57 bits per heavy atom. The van der Waals surface area contributed by atoms with Crippen LogP contribution in [0.2, 0.25) is 0 Å². The van der Waals surface area contributed by atoms with E-state index in [-0.39, 0.29) is 5.91 Å². The van der Waals surface area contributed by atoms with Crippen LogP contribution in [-0.2, 0) is 19.3 Å². The number of imidazole rings is 1. The molecule has 2 heterocycles. The van der Waals surface area contributed by atoms with Crippen molar-refractivity contribution in [3.63, 3.8) is 0 Å². The number of carbonyl (C=O) groups is 1. The normalized spacial score (nSPS) is 17.5. The molecule has 1 atom stereocenters. The van der Waals surface area contributed by atoms with Gasteiger partial charge in [0.1, 0.15) is 5.82 Å². The summed E-state index contributed by atoms with van der Waals surface area (Å²) in [4.78, 5) is 21.7. The first-order chi connectivity index (χ1) is 10.3. The van der Waals surface area contributed by atoms with E-state index in [9.17, 15) is 4.79 Å². The number of aryl methyl sites for hydroxylation is 1. The average Bonchev–Trinajstić information content (AvgIpc) is 3.15. The number of hydrogen-bond acceptors (Lipinski definition) is 3. The van der Waals surface area contributed by atoms with Crippen LogP contribution in [0.1, 0.15) is 45.7 Å². The molecule has 0 radical (unpaired) electrons. The molecule has 0 bridgehead atoms. The first-order valence-electron chi connectivity index (χ1n) is 7.64. The van der Waals surface area contributed by atoms with Crippen LogP contribution in [0.4, 0.5) is 0 Å². The van der Waals surface area contributed by atoms with Crippen LogP contribution >= 0.6 is 11.3 Å². The van der Waals surface area contributed by atoms with Gasteiger partial charge in [0.25, 0.3) is 5.91 Å². The van der Waals surface area contributed by atoms with Gasteiger partial charge in [-0.3, -0.25) is 4.79 Å². The Morgan fingerprint density at radius 3 is 3.24 bits per heavy atom. The highest BCUT2D eigenvalue weighted by Crippen LogP contribution is 2.33. The molecule has 0 spiro atoms. The Kier molecular flexibility index (Phi) is 4.39. The Balaban J connectivity index is 1.57. The van der Waals surface area contributed by atoms with Crippen molar-refractivity contribution in [1.29, 1.82) is 0 Å². The quantitative estimate of drug-likeness (QED) is 0.892. The second kappa shape index (κ2) is 6.43. The highest BCUT2D eigenvalue weighted by Gasteiger charge is 2.21. The van der Waals surface area contributed by atoms with Gasteiger partial charge in [-0.25, -0.2) is 4.98 Å². The molecule has 0 saturated heterocycles. The lowest BCUT2D eigenvalue weighted by Gasteiger charge is -2.19. The van der Waals surface area contributed by atoms with Crippen LogP contribution in [0.5, 0.6) is 0 Å². The van der Waals surface area contributed by atoms with E-state index in [1.165, 1.54) is 23.3 Å². The third-order valence-electron chi connectivity index (χ3n) is 4.19. The van der Waals surface area contributed by atoms with Gasteiger partial charge in [-0.2, -0.15) is 0 Å². The van der Waals surface area contributed by atoms with Crippen LogP contribution in [0, 0.1) is 5.92 Å². The minimum absolute atomic E-state index is 0.0500. The van der Waals surface area contributed by atoms with E-state index in [4.69, 9.17) is 0 Å². The first-order valence-corrected chi connectivity index (χ1v) is 8.46. The predicted octanol–water partition coefficient (Wildman–Crippen LogP) is 2.96. The predicted molar refractivity (Wildman–Crippen MR) is 84.7 cm³/mol. The SMILES string of the molecule is CCC1CCc2sc(C(=O)NCCc3ncc[nH]3)cc2C1. The summed E-state index contributed by atoms with van der Waals surface area (Å²) < 4.78 is 0. The lowest BCUT2D eigenvalue weighted by atomic mass is 9.87. The second-order valence-corrected chi connectivity index (χ2v) is 6.75. The Hall–Kier alpha value is -1.62. The number of nitrogens with zero attached hydrogens (tertiary/aromatic N) is 1. The Bertz CT molecular complexity index is 603. The van der Waals surface area contributed by atoms with Gasteiger partial charge in [0.15, 0.2) is 0 Å². The number of nitrogens with one attached hydrogen (secondary N) is 2. The highest BCUT2D eigenvalue weighted by molar-refractivity contribution is 7.14. The zero-order valence-corrected chi connectivity index (χ0v) is 13.1. The molecular weight excluding hydrogens is 282 g/mol. The average molecular weight is 303 g/mol. The van der Waals surface area contributed by atoms with Crippen LogP contribution in [0.3, 0.4) is 0 Å². The molecule has 1 aliphatic rings. The number of carbonyl (C=O) groups excluding carboxylic acids is 1. The number of aromatic amines is 1. The van der Waals surface area contributed by atoms with Gasteiger partial charge >= 0.3 is 0 Å².